The minimum Gasteiger partial charge on any atom is -0.492 e. The van der Waals surface area contributed by atoms with Crippen molar-refractivity contribution in [2.24, 2.45) is 0 Å². The van der Waals surface area contributed by atoms with Crippen LogP contribution in [-0.2, 0) is 16.2 Å². The minimum absolute atomic E-state index is 0.0565. The summed E-state index contributed by atoms with van der Waals surface area (Å²) in [6, 6.07) is 2.37. The van der Waals surface area contributed by atoms with E-state index in [1.54, 1.807) is 0 Å². The summed E-state index contributed by atoms with van der Waals surface area (Å²) in [5.41, 5.74) is -1.54. The predicted molar refractivity (Wildman–Crippen MR) is 71.0 cm³/mol. The van der Waals surface area contributed by atoms with Crippen molar-refractivity contribution in [3.05, 3.63) is 41.3 Å². The van der Waals surface area contributed by atoms with E-state index >= 15 is 0 Å². The summed E-state index contributed by atoms with van der Waals surface area (Å²) < 4.78 is 63.1. The van der Waals surface area contributed by atoms with E-state index in [9.17, 15) is 26.7 Å². The van der Waals surface area contributed by atoms with E-state index in [0.29, 0.717) is 12.3 Å². The highest BCUT2D eigenvalue weighted by Gasteiger charge is 2.32. The van der Waals surface area contributed by atoms with Crippen LogP contribution >= 0.6 is 11.6 Å². The smallest absolute Gasteiger partial charge is 0.433 e. The molecule has 11 heteroatoms. The maximum absolute atomic E-state index is 12.4. The fourth-order valence-corrected chi connectivity index (χ4v) is 2.57. The first-order chi connectivity index (χ1) is 10.1. The lowest BCUT2D eigenvalue weighted by Gasteiger charge is -2.10. The van der Waals surface area contributed by atoms with Crippen molar-refractivity contribution in [2.75, 3.05) is 4.72 Å². The van der Waals surface area contributed by atoms with Gasteiger partial charge in [-0.1, -0.05) is 11.6 Å². The molecule has 0 saturated carbocycles. The summed E-state index contributed by atoms with van der Waals surface area (Å²) in [7, 11) is -4.25. The third kappa shape index (κ3) is 3.57. The molecule has 2 aromatic heterocycles. The maximum atomic E-state index is 12.4. The van der Waals surface area contributed by atoms with Gasteiger partial charge in [0.25, 0.3) is 10.0 Å². The summed E-state index contributed by atoms with van der Waals surface area (Å²) in [6.45, 7) is 0. The molecule has 22 heavy (non-hydrogen) atoms. The van der Waals surface area contributed by atoms with Gasteiger partial charge in [0.15, 0.2) is 0 Å². The highest BCUT2D eigenvalue weighted by atomic mass is 35.5. The molecule has 118 valence electrons. The summed E-state index contributed by atoms with van der Waals surface area (Å²) in [4.78, 5) is 5.97. The van der Waals surface area contributed by atoms with Crippen LogP contribution in [0, 0.1) is 0 Å². The zero-order valence-corrected chi connectivity index (χ0v) is 12.0. The van der Waals surface area contributed by atoms with Gasteiger partial charge < -0.3 is 5.11 Å². The number of sulfonamides is 1. The zero-order chi connectivity index (χ0) is 16.5. The highest BCUT2D eigenvalue weighted by molar-refractivity contribution is 7.92. The second-order valence-corrected chi connectivity index (χ2v) is 6.13. The van der Waals surface area contributed by atoms with Crippen LogP contribution in [-0.4, -0.2) is 23.5 Å². The van der Waals surface area contributed by atoms with Crippen molar-refractivity contribution in [3.63, 3.8) is 0 Å². The zero-order valence-electron chi connectivity index (χ0n) is 10.5. The Bertz CT molecular complexity index is 794. The van der Waals surface area contributed by atoms with Crippen LogP contribution in [0.3, 0.4) is 0 Å². The first kappa shape index (κ1) is 16.3. The third-order valence-corrected chi connectivity index (χ3v) is 3.97. The van der Waals surface area contributed by atoms with E-state index in [0.717, 1.165) is 18.3 Å². The Morgan fingerprint density at radius 1 is 1.18 bits per heavy atom. The number of nitrogens with zero attached hydrogens (tertiary/aromatic N) is 2. The summed E-state index contributed by atoms with van der Waals surface area (Å²) in [6.07, 6.45) is -3.03. The number of alkyl halides is 3. The number of hydrogen-bond acceptors (Lipinski definition) is 5. The fraction of sp³-hybridized carbons (Fsp3) is 0.0909. The molecule has 0 radical (unpaired) electrons. The lowest BCUT2D eigenvalue weighted by atomic mass is 10.3. The van der Waals surface area contributed by atoms with Gasteiger partial charge in [0.2, 0.25) is 5.88 Å². The van der Waals surface area contributed by atoms with Crippen molar-refractivity contribution in [3.8, 4) is 5.88 Å². The molecular formula is C11H7ClF3N3O3S. The molecule has 0 spiro atoms. The van der Waals surface area contributed by atoms with E-state index in [1.807, 2.05) is 4.72 Å². The molecule has 0 unspecified atom stereocenters. The number of rotatable bonds is 3. The van der Waals surface area contributed by atoms with Crippen LogP contribution < -0.4 is 4.72 Å². The van der Waals surface area contributed by atoms with Gasteiger partial charge in [0, 0.05) is 12.4 Å². The quantitative estimate of drug-likeness (QED) is 0.885. The van der Waals surface area contributed by atoms with Crippen molar-refractivity contribution in [1.82, 2.24) is 9.97 Å². The molecule has 0 aliphatic carbocycles. The number of nitrogens with one attached hydrogen (secondary N) is 1. The Hall–Kier alpha value is -2.07. The summed E-state index contributed by atoms with van der Waals surface area (Å²) >= 11 is 5.62. The Kier molecular flexibility index (Phi) is 4.16. The van der Waals surface area contributed by atoms with E-state index < -0.39 is 32.7 Å². The van der Waals surface area contributed by atoms with Crippen LogP contribution in [0.4, 0.5) is 18.9 Å². The van der Waals surface area contributed by atoms with Gasteiger partial charge in [-0.15, -0.1) is 0 Å². The Balaban J connectivity index is 2.33. The van der Waals surface area contributed by atoms with Gasteiger partial charge in [0.1, 0.15) is 16.3 Å². The molecule has 0 atom stereocenters. The molecule has 2 rings (SSSR count). The number of hydrogen-bond donors (Lipinski definition) is 2. The lowest BCUT2D eigenvalue weighted by Crippen LogP contribution is -2.15. The Morgan fingerprint density at radius 3 is 2.41 bits per heavy atom. The van der Waals surface area contributed by atoms with Crippen LogP contribution in [0.15, 0.2) is 35.5 Å². The van der Waals surface area contributed by atoms with Gasteiger partial charge in [-0.25, -0.2) is 13.4 Å². The van der Waals surface area contributed by atoms with Gasteiger partial charge in [-0.2, -0.15) is 13.2 Å². The molecule has 0 saturated heterocycles. The molecule has 2 aromatic rings. The monoisotopic (exact) mass is 353 g/mol. The van der Waals surface area contributed by atoms with E-state index in [2.05, 4.69) is 9.97 Å². The van der Waals surface area contributed by atoms with Gasteiger partial charge in [-0.3, -0.25) is 9.71 Å². The Labute approximate surface area is 127 Å². The van der Waals surface area contributed by atoms with E-state index in [-0.39, 0.29) is 10.7 Å². The first-order valence-corrected chi connectivity index (χ1v) is 7.36. The largest absolute Gasteiger partial charge is 0.492 e. The van der Waals surface area contributed by atoms with Crippen LogP contribution in [0.25, 0.3) is 0 Å². The molecule has 0 fully saturated rings. The van der Waals surface area contributed by atoms with Crippen molar-refractivity contribution >= 4 is 27.3 Å². The second-order valence-electron chi connectivity index (χ2n) is 4.01. The number of aromatic hydroxyl groups is 1. The van der Waals surface area contributed by atoms with Crippen LogP contribution in [0.2, 0.25) is 5.02 Å². The molecular weight excluding hydrogens is 347 g/mol. The minimum atomic E-state index is -4.68. The van der Waals surface area contributed by atoms with Crippen molar-refractivity contribution in [1.29, 1.82) is 0 Å². The molecule has 0 bridgehead atoms. The van der Waals surface area contributed by atoms with Gasteiger partial charge in [0.05, 0.1) is 5.02 Å². The Morgan fingerprint density at radius 2 is 1.86 bits per heavy atom. The van der Waals surface area contributed by atoms with Crippen molar-refractivity contribution < 1.29 is 26.7 Å². The van der Waals surface area contributed by atoms with Crippen molar-refractivity contribution in [2.45, 2.75) is 11.1 Å². The average molecular weight is 354 g/mol. The topological polar surface area (TPSA) is 92.2 Å². The molecule has 0 aliphatic heterocycles. The third-order valence-electron chi connectivity index (χ3n) is 2.41. The molecule has 6 nitrogen and oxygen atoms in total. The SMILES string of the molecule is O=S(=O)(Nc1cc(Cl)cnc1O)c1ccc(C(F)(F)F)nc1. The predicted octanol–water partition coefficient (Wildman–Crippen LogP) is 2.66. The summed E-state index contributed by atoms with van der Waals surface area (Å²) in [5.74, 6) is -0.632. The molecule has 0 aromatic carbocycles. The lowest BCUT2D eigenvalue weighted by molar-refractivity contribution is -0.141. The van der Waals surface area contributed by atoms with Crippen LogP contribution in [0.5, 0.6) is 5.88 Å². The summed E-state index contributed by atoms with van der Waals surface area (Å²) in [5, 5.41) is 9.49. The van der Waals surface area contributed by atoms with E-state index in [1.165, 1.54) is 0 Å². The molecule has 2 heterocycles. The maximum Gasteiger partial charge on any atom is 0.433 e. The van der Waals surface area contributed by atoms with Crippen LogP contribution in [0.1, 0.15) is 5.69 Å². The normalized spacial score (nSPS) is 12.2. The molecule has 2 N–H and O–H groups in total. The number of pyridine rings is 2. The molecule has 0 amide bonds. The van der Waals surface area contributed by atoms with Gasteiger partial charge >= 0.3 is 6.18 Å². The highest BCUT2D eigenvalue weighted by Crippen LogP contribution is 2.29. The molecule has 0 aliphatic rings. The van der Waals surface area contributed by atoms with E-state index in [4.69, 9.17) is 11.6 Å². The number of aromatic nitrogens is 2. The standard InChI is InChI=1S/C11H7ClF3N3O3S/c12-6-3-8(10(19)17-4-6)18-22(20,21)7-1-2-9(16-5-7)11(13,14)15/h1-5,18H,(H,17,19). The second kappa shape index (κ2) is 5.61. The fourth-order valence-electron chi connectivity index (χ4n) is 1.42. The number of halogens is 4. The average Bonchev–Trinajstić information content (AvgIpc) is 2.42. The van der Waals surface area contributed by atoms with Gasteiger partial charge in [-0.05, 0) is 18.2 Å². The number of anilines is 1. The first-order valence-electron chi connectivity index (χ1n) is 5.50.